The zero-order valence-electron chi connectivity index (χ0n) is 4.61. The second kappa shape index (κ2) is 7.41. The van der Waals surface area contributed by atoms with Gasteiger partial charge in [0.25, 0.3) is 0 Å². The summed E-state index contributed by atoms with van der Waals surface area (Å²) in [5.74, 6) is 1.28. The number of halogens is 1. The fourth-order valence-corrected chi connectivity index (χ4v) is 2.82. The van der Waals surface area contributed by atoms with Gasteiger partial charge >= 0.3 is 17.9 Å². The van der Waals surface area contributed by atoms with Gasteiger partial charge in [-0.05, 0) is 12.2 Å². The first-order valence-electron chi connectivity index (χ1n) is 2.55. The summed E-state index contributed by atoms with van der Waals surface area (Å²) < 4.78 is 0. The molecule has 0 saturated carbocycles. The topological polar surface area (TPSA) is 0 Å². The lowest BCUT2D eigenvalue weighted by Gasteiger charge is -1.90. The first-order valence-corrected chi connectivity index (χ1v) is 7.58. The molecule has 40 valence electrons. The molecular formula is C4H9ClMgS. The van der Waals surface area contributed by atoms with Crippen LogP contribution in [-0.4, -0.2) is 23.7 Å². The summed E-state index contributed by atoms with van der Waals surface area (Å²) in [4.78, 5) is 0. The van der Waals surface area contributed by atoms with Crippen LogP contribution >= 0.6 is 18.2 Å². The van der Waals surface area contributed by atoms with E-state index in [9.17, 15) is 0 Å². The van der Waals surface area contributed by atoms with Crippen molar-refractivity contribution < 1.29 is 0 Å². The first-order chi connectivity index (χ1) is 3.41. The molecule has 0 unspecified atom stereocenters. The summed E-state index contributed by atoms with van der Waals surface area (Å²) in [5, 5.41) is 0. The zero-order valence-corrected chi connectivity index (χ0v) is 7.60. The molecular weight excluding hydrogens is 140 g/mol. The van der Waals surface area contributed by atoms with Crippen LogP contribution in [0.4, 0.5) is 0 Å². The Labute approximate surface area is 61.4 Å². The lowest BCUT2D eigenvalue weighted by molar-refractivity contribution is 0.898. The SMILES string of the molecule is CCCC[S][Mg][Cl]. The fraction of sp³-hybridized carbons (Fsp3) is 1.00. The number of hydrogen-bond donors (Lipinski definition) is 0. The Balaban J connectivity index is 2.45. The van der Waals surface area contributed by atoms with Crippen molar-refractivity contribution in [2.75, 3.05) is 5.75 Å². The largest absolute Gasteiger partial charge is 0.579 e. The van der Waals surface area contributed by atoms with E-state index < -0.39 is 0 Å². The third kappa shape index (κ3) is 7.41. The van der Waals surface area contributed by atoms with Crippen LogP contribution in [0.1, 0.15) is 19.8 Å². The van der Waals surface area contributed by atoms with Crippen LogP contribution in [0.15, 0.2) is 0 Å². The van der Waals surface area contributed by atoms with Crippen molar-refractivity contribution >= 4 is 36.1 Å². The highest BCUT2D eigenvalue weighted by atomic mass is 35.5. The summed E-state index contributed by atoms with van der Waals surface area (Å²) in [5.41, 5.74) is 0. The maximum absolute atomic E-state index is 5.54. The maximum Gasteiger partial charge on any atom is 0.579 e. The van der Waals surface area contributed by atoms with Gasteiger partial charge < -0.3 is 18.2 Å². The fourth-order valence-electron chi connectivity index (χ4n) is 0.301. The predicted molar refractivity (Wildman–Crippen MR) is 39.0 cm³/mol. The molecule has 0 N–H and O–H groups in total. The van der Waals surface area contributed by atoms with Crippen LogP contribution in [0.5, 0.6) is 0 Å². The van der Waals surface area contributed by atoms with Crippen LogP contribution in [0.2, 0.25) is 0 Å². The summed E-state index contributed by atoms with van der Waals surface area (Å²) in [7, 11) is 7.48. The van der Waals surface area contributed by atoms with Crippen molar-refractivity contribution in [1.82, 2.24) is 0 Å². The van der Waals surface area contributed by atoms with Crippen molar-refractivity contribution in [2.24, 2.45) is 0 Å². The first kappa shape index (κ1) is 8.41. The smallest absolute Gasteiger partial charge is 0.320 e. The Hall–Kier alpha value is 1.41. The van der Waals surface area contributed by atoms with E-state index in [1.54, 1.807) is 0 Å². The average molecular weight is 149 g/mol. The van der Waals surface area contributed by atoms with E-state index >= 15 is 0 Å². The van der Waals surface area contributed by atoms with Crippen molar-refractivity contribution in [3.63, 3.8) is 0 Å². The molecule has 0 amide bonds. The highest BCUT2D eigenvalue weighted by Gasteiger charge is 1.86. The van der Waals surface area contributed by atoms with E-state index in [0.717, 1.165) is 0 Å². The summed E-state index contributed by atoms with van der Waals surface area (Å²) in [6.45, 7) is 2.20. The summed E-state index contributed by atoms with van der Waals surface area (Å²) in [6.07, 6.45) is 2.64. The minimum atomic E-state index is -0.217. The Kier molecular flexibility index (Phi) is 8.89. The molecule has 0 aliphatic carbocycles. The molecule has 3 heteroatoms. The lowest BCUT2D eigenvalue weighted by atomic mass is 10.4. The van der Waals surface area contributed by atoms with E-state index in [0.29, 0.717) is 0 Å². The second-order valence-corrected chi connectivity index (χ2v) is 6.25. The van der Waals surface area contributed by atoms with E-state index in [-0.39, 0.29) is 17.9 Å². The van der Waals surface area contributed by atoms with Crippen LogP contribution in [-0.2, 0) is 0 Å². The number of unbranched alkanes of at least 4 members (excludes halogenated alkanes) is 1. The molecule has 0 aliphatic heterocycles. The molecule has 0 aromatic heterocycles. The van der Waals surface area contributed by atoms with Crippen LogP contribution in [0.25, 0.3) is 0 Å². The molecule has 7 heavy (non-hydrogen) atoms. The maximum atomic E-state index is 5.54. The van der Waals surface area contributed by atoms with Gasteiger partial charge in [0.05, 0.1) is 0 Å². The van der Waals surface area contributed by atoms with E-state index in [4.69, 9.17) is 9.07 Å². The van der Waals surface area contributed by atoms with E-state index in [1.807, 2.05) is 9.10 Å². The highest BCUT2D eigenvalue weighted by molar-refractivity contribution is 8.26. The van der Waals surface area contributed by atoms with Crippen LogP contribution in [0, 0.1) is 0 Å². The van der Waals surface area contributed by atoms with Gasteiger partial charge in [0.2, 0.25) is 0 Å². The van der Waals surface area contributed by atoms with Gasteiger partial charge in [0, 0.05) is 0 Å². The number of hydrogen-bond acceptors (Lipinski definition) is 1. The van der Waals surface area contributed by atoms with Crippen molar-refractivity contribution in [3.05, 3.63) is 0 Å². The molecule has 0 aromatic carbocycles. The van der Waals surface area contributed by atoms with Crippen molar-refractivity contribution in [2.45, 2.75) is 19.8 Å². The Morgan fingerprint density at radius 3 is 2.86 bits per heavy atom. The molecule has 0 heterocycles. The Morgan fingerprint density at radius 2 is 2.43 bits per heavy atom. The van der Waals surface area contributed by atoms with Gasteiger partial charge in [0.1, 0.15) is 0 Å². The van der Waals surface area contributed by atoms with Crippen molar-refractivity contribution in [3.8, 4) is 0 Å². The second-order valence-electron chi connectivity index (χ2n) is 1.37. The van der Waals surface area contributed by atoms with E-state index in [1.165, 1.54) is 18.6 Å². The van der Waals surface area contributed by atoms with Crippen molar-refractivity contribution in [1.29, 1.82) is 0 Å². The molecule has 0 aromatic rings. The quantitative estimate of drug-likeness (QED) is 0.436. The lowest BCUT2D eigenvalue weighted by Crippen LogP contribution is -1.76. The number of rotatable bonds is 4. The van der Waals surface area contributed by atoms with Gasteiger partial charge in [-0.3, -0.25) is 0 Å². The molecule has 0 rings (SSSR count). The Bertz CT molecular complexity index is 30.9. The normalized spacial score (nSPS) is 8.29. The van der Waals surface area contributed by atoms with Gasteiger partial charge in [-0.15, -0.1) is 0 Å². The summed E-state index contributed by atoms with van der Waals surface area (Å²) in [6, 6.07) is 0. The van der Waals surface area contributed by atoms with Crippen LogP contribution < -0.4 is 0 Å². The standard InChI is InChI=1S/C4H10S.ClH.Mg/c1-2-3-4-5;;/h5H,2-4H2,1H3;1H;/q;;+2/p-2. The predicted octanol–water partition coefficient (Wildman–Crippen LogP) is 2.29. The van der Waals surface area contributed by atoms with Gasteiger partial charge in [-0.2, -0.15) is 0 Å². The van der Waals surface area contributed by atoms with E-state index in [2.05, 4.69) is 6.92 Å². The molecule has 0 bridgehead atoms. The molecule has 0 aliphatic rings. The Morgan fingerprint density at radius 1 is 1.71 bits per heavy atom. The third-order valence-corrected chi connectivity index (χ3v) is 4.17. The van der Waals surface area contributed by atoms with Gasteiger partial charge in [-0.25, -0.2) is 0 Å². The molecule has 0 saturated heterocycles. The highest BCUT2D eigenvalue weighted by Crippen LogP contribution is 2.02. The zero-order chi connectivity index (χ0) is 5.54. The molecule has 0 radical (unpaired) electrons. The molecule has 0 spiro atoms. The minimum absolute atomic E-state index is 0.217. The van der Waals surface area contributed by atoms with Gasteiger partial charge in [0.15, 0.2) is 0 Å². The molecule has 0 atom stereocenters. The summed E-state index contributed by atoms with van der Waals surface area (Å²) >= 11 is -0.217. The molecule has 0 nitrogen and oxygen atoms in total. The van der Waals surface area contributed by atoms with Crippen LogP contribution in [0.3, 0.4) is 0 Å². The minimum Gasteiger partial charge on any atom is -0.320 e. The third-order valence-electron chi connectivity index (χ3n) is 0.719. The molecule has 0 fully saturated rings. The monoisotopic (exact) mass is 148 g/mol. The van der Waals surface area contributed by atoms with Gasteiger partial charge in [-0.1, -0.05) is 13.3 Å². The average Bonchev–Trinajstić information content (AvgIpc) is 1.69.